The van der Waals surface area contributed by atoms with E-state index in [1.165, 1.54) is 5.77 Å². The molecule has 0 bridgehead atoms. The largest absolute Gasteiger partial charge is 0.487 e. The second kappa shape index (κ2) is 20.0. The Morgan fingerprint density at radius 2 is 0.486 bits per heavy atom. The first kappa shape index (κ1) is 57.9. The van der Waals surface area contributed by atoms with E-state index in [9.17, 15) is 105 Å². The molecule has 0 aliphatic heterocycles. The molecule has 4 aromatic carbocycles. The van der Waals surface area contributed by atoms with Gasteiger partial charge >= 0.3 is 70.6 Å². The van der Waals surface area contributed by atoms with Gasteiger partial charge in [0.25, 0.3) is 5.77 Å². The van der Waals surface area contributed by atoms with E-state index in [1.54, 1.807) is 36.9 Å². The van der Waals surface area contributed by atoms with Crippen molar-refractivity contribution >= 4 is 50.7 Å². The van der Waals surface area contributed by atoms with Crippen LogP contribution in [0, 0.1) is 5.77 Å². The third kappa shape index (κ3) is 13.4. The normalized spacial score (nSPS) is 13.5. The molecule has 0 radical (unpaired) electrons. The molecule has 0 aliphatic carbocycles. The van der Waals surface area contributed by atoms with Crippen molar-refractivity contribution in [1.29, 1.82) is 0 Å². The number of hydrogen-bond acceptors (Lipinski definition) is 4. The Hall–Kier alpha value is -5.01. The molecular weight excluding hydrogens is 1190 g/mol. The number of thiophene rings is 2. The first-order valence-corrected chi connectivity index (χ1v) is 22.6. The minimum Gasteiger partial charge on any atom is -0.487 e. The lowest BCUT2D eigenvalue weighted by atomic mass is 9.12. The predicted octanol–water partition coefficient (Wildman–Crippen LogP) is 11.2. The molecule has 6 aromatic rings. The molecule has 0 spiro atoms. The highest BCUT2D eigenvalue weighted by atomic mass is 127. The predicted molar refractivity (Wildman–Crippen MR) is 209 cm³/mol. The maximum Gasteiger partial charge on any atom is 0.416 e. The van der Waals surface area contributed by atoms with Crippen LogP contribution in [0.3, 0.4) is 0 Å². The van der Waals surface area contributed by atoms with E-state index in [1.807, 2.05) is 12.1 Å². The number of rotatable bonds is 8. The summed E-state index contributed by atoms with van der Waals surface area (Å²) in [4.78, 5) is 0. The van der Waals surface area contributed by atoms with Gasteiger partial charge in [-0.15, -0.1) is 0 Å². The monoisotopic (exact) mass is 1220 g/mol. The van der Waals surface area contributed by atoms with Gasteiger partial charge in [-0.25, -0.2) is 0 Å². The summed E-state index contributed by atoms with van der Waals surface area (Å²) in [6.07, 6.45) is -54.8. The Kier molecular flexibility index (Phi) is 16.1. The minimum atomic E-state index is -6.13. The average Bonchev–Trinajstić information content (AvgIpc) is 3.91. The van der Waals surface area contributed by atoms with Crippen molar-refractivity contribution in [2.24, 2.45) is 0 Å². The van der Waals surface area contributed by atoms with E-state index in [2.05, 4.69) is 12.1 Å². The Morgan fingerprint density at radius 3 is 0.625 bits per heavy atom. The first-order valence-electron chi connectivity index (χ1n) is 18.9. The van der Waals surface area contributed by atoms with Crippen LogP contribution < -0.4 is 52.5 Å². The van der Waals surface area contributed by atoms with Gasteiger partial charge in [0, 0.05) is 12.1 Å². The van der Waals surface area contributed by atoms with E-state index in [0.717, 1.165) is 10.1 Å². The van der Waals surface area contributed by atoms with Crippen LogP contribution in [0.2, 0.25) is 0 Å². The molecule has 6 rings (SSSR count). The molecule has 0 amide bonds. The zero-order valence-electron chi connectivity index (χ0n) is 34.9. The maximum absolute atomic E-state index is 14.2. The smallest absolute Gasteiger partial charge is 0.416 e. The molecule has 72 heavy (non-hydrogen) atoms. The number of methoxy groups -OCH3 is 2. The summed E-state index contributed by atoms with van der Waals surface area (Å²) in [7, 11) is 3.42. The quantitative estimate of drug-likeness (QED) is 0.0859. The molecule has 0 unspecified atom stereocenters. The minimum absolute atomic E-state index is 0.0648. The van der Waals surface area contributed by atoms with Gasteiger partial charge in [0.2, 0.25) is 0 Å². The fraction of sp³-hybridized carbons (Fsp3) is 0.238. The third-order valence-corrected chi connectivity index (χ3v) is 15.9. The van der Waals surface area contributed by atoms with Crippen molar-refractivity contribution in [3.8, 4) is 10.1 Å². The molecule has 2 nitrogen and oxygen atoms in total. The molecule has 0 saturated heterocycles. The molecule has 392 valence electrons. The zero-order chi connectivity index (χ0) is 54.6. The summed E-state index contributed by atoms with van der Waals surface area (Å²) in [6, 6.07) is -0.434. The van der Waals surface area contributed by atoms with Gasteiger partial charge in [0.05, 0.1) is 58.7 Å². The molecule has 0 aliphatic rings. The fourth-order valence-electron chi connectivity index (χ4n) is 7.08. The van der Waals surface area contributed by atoms with Crippen molar-refractivity contribution in [3.63, 3.8) is 0 Å². The molecule has 0 saturated carbocycles. The molecular formula is C42H22BF24IO2S2. The van der Waals surface area contributed by atoms with Gasteiger partial charge in [-0.1, -0.05) is 71.2 Å². The number of ether oxygens (including phenoxy) is 2. The molecule has 2 heterocycles. The number of hydrogen-bond donors (Lipinski definition) is 0. The van der Waals surface area contributed by atoms with Crippen molar-refractivity contribution in [3.05, 3.63) is 147 Å². The molecule has 2 aromatic heterocycles. The lowest BCUT2D eigenvalue weighted by Gasteiger charge is -2.46. The van der Waals surface area contributed by atoms with E-state index in [4.69, 9.17) is 9.47 Å². The summed E-state index contributed by atoms with van der Waals surface area (Å²) in [5.41, 5.74) is -30.2. The van der Waals surface area contributed by atoms with Crippen molar-refractivity contribution in [2.75, 3.05) is 14.2 Å². The highest BCUT2D eigenvalue weighted by Crippen LogP contribution is 2.41. The Bertz CT molecular complexity index is 2400. The van der Waals surface area contributed by atoms with Crippen LogP contribution in [0.1, 0.15) is 44.5 Å². The molecule has 0 N–H and O–H groups in total. The Morgan fingerprint density at radius 1 is 0.306 bits per heavy atom. The van der Waals surface area contributed by atoms with Crippen LogP contribution in [0.15, 0.2) is 97.1 Å². The van der Waals surface area contributed by atoms with Crippen molar-refractivity contribution in [1.82, 2.24) is 0 Å². The summed E-state index contributed by atoms with van der Waals surface area (Å²) in [5.74, 6) is 0. The van der Waals surface area contributed by atoms with Crippen LogP contribution in [-0.2, 0) is 49.4 Å². The summed E-state index contributed by atoms with van der Waals surface area (Å²) in [5, 5.41) is 1.99. The summed E-state index contributed by atoms with van der Waals surface area (Å²) >= 11 is 3.41. The Balaban J connectivity index is 0.000000542. The number of halogens is 25. The molecule has 0 fully saturated rings. The van der Waals surface area contributed by atoms with Crippen molar-refractivity contribution in [2.45, 2.75) is 49.4 Å². The standard InChI is InChI=1S/C32H12BF24.C10H10IO2S2/c34-25(35,36)13-1-14(26(37,38)39)6-21(5-13)33(22-7-15(27(40,41)42)2-16(8-22)28(43,44)45,23-9-17(29(46,47)48)3-18(10-23)30(49,50)51)24-11-19(31(52,53)54)4-20(12-24)32(55,56)57;1-12-9-5-3-7(14-9)11-8-4-6-10(13-2)15-8/h1-12H;3-6H,1-2H3/q-1;+1. The van der Waals surface area contributed by atoms with Gasteiger partial charge in [-0.3, -0.25) is 0 Å². The second-order valence-corrected chi connectivity index (χ2v) is 21.3. The SMILES string of the molecule is COc1ccc([I+]c2ccc(OC)s2)s1.FC(F)(F)c1cc([B-](c2cc(C(F)(F)F)cc(C(F)(F)F)c2)(c2cc(C(F)(F)F)cc(C(F)(F)F)c2)c2cc(C(F)(F)F)cc(C(F)(F)F)c2)cc(C(F)(F)F)c1. The lowest BCUT2D eigenvalue weighted by Crippen LogP contribution is -3.61. The van der Waals surface area contributed by atoms with Crippen LogP contribution in [0.4, 0.5) is 105 Å². The van der Waals surface area contributed by atoms with Crippen LogP contribution in [-0.4, -0.2) is 20.4 Å². The van der Waals surface area contributed by atoms with E-state index >= 15 is 0 Å². The lowest BCUT2D eigenvalue weighted by molar-refractivity contribution is -0.585. The second-order valence-electron chi connectivity index (χ2n) is 14.8. The zero-order valence-corrected chi connectivity index (χ0v) is 38.7. The van der Waals surface area contributed by atoms with Gasteiger partial charge in [-0.05, 0) is 36.4 Å². The third-order valence-electron chi connectivity index (χ3n) is 10.1. The Labute approximate surface area is 406 Å². The fourth-order valence-corrected chi connectivity index (χ4v) is 12.9. The highest BCUT2D eigenvalue weighted by Gasteiger charge is 2.47. The van der Waals surface area contributed by atoms with Gasteiger partial charge in [0.1, 0.15) is 6.15 Å². The van der Waals surface area contributed by atoms with E-state index in [0.29, 0.717) is 0 Å². The van der Waals surface area contributed by atoms with Crippen LogP contribution in [0.25, 0.3) is 0 Å². The van der Waals surface area contributed by atoms with Gasteiger partial charge in [0.15, 0.2) is 10.1 Å². The van der Waals surface area contributed by atoms with Gasteiger partial charge < -0.3 is 9.47 Å². The topological polar surface area (TPSA) is 18.5 Å². The summed E-state index contributed by atoms with van der Waals surface area (Å²) in [6.45, 7) is 0. The van der Waals surface area contributed by atoms with Crippen LogP contribution >= 0.6 is 22.7 Å². The van der Waals surface area contributed by atoms with Gasteiger partial charge in [-0.2, -0.15) is 127 Å². The molecule has 30 heteroatoms. The maximum atomic E-state index is 14.2. The molecule has 0 atom stereocenters. The van der Waals surface area contributed by atoms with E-state index in [-0.39, 0.29) is 21.2 Å². The van der Waals surface area contributed by atoms with Crippen LogP contribution in [0.5, 0.6) is 10.1 Å². The first-order chi connectivity index (χ1) is 32.6. The summed E-state index contributed by atoms with van der Waals surface area (Å²) < 4.78 is 354. The van der Waals surface area contributed by atoms with E-state index < -0.39 is 195 Å². The number of benzene rings is 4. The highest BCUT2D eigenvalue weighted by molar-refractivity contribution is 7.20. The average molecular weight is 1220 g/mol. The number of alkyl halides is 24. The van der Waals surface area contributed by atoms with Crippen molar-refractivity contribution < 1.29 is 136 Å².